The van der Waals surface area contributed by atoms with Crippen molar-refractivity contribution in [3.05, 3.63) is 46.8 Å². The van der Waals surface area contributed by atoms with E-state index in [1.54, 1.807) is 13.0 Å². The first kappa shape index (κ1) is 19.9. The van der Waals surface area contributed by atoms with Crippen LogP contribution in [0.3, 0.4) is 0 Å². The predicted octanol–water partition coefficient (Wildman–Crippen LogP) is 6.97. The Bertz CT molecular complexity index is 609. The molecule has 1 aromatic rings. The normalized spacial score (nSPS) is 21.9. The molecule has 0 bridgehead atoms. The summed E-state index contributed by atoms with van der Waals surface area (Å²) in [5, 5.41) is 0. The molecule has 0 heterocycles. The minimum atomic E-state index is -4.17. The Morgan fingerprint density at radius 2 is 1.64 bits per heavy atom. The Hall–Kier alpha value is -1.46. The number of allylic oxidation sites excluding steroid dienone is 2. The molecule has 0 saturated heterocycles. The molecule has 0 nitrogen and oxygen atoms in total. The van der Waals surface area contributed by atoms with Crippen molar-refractivity contribution in [1.82, 2.24) is 0 Å². The zero-order chi connectivity index (χ0) is 18.6. The van der Waals surface area contributed by atoms with E-state index in [0.717, 1.165) is 31.4 Å². The summed E-state index contributed by atoms with van der Waals surface area (Å²) in [6, 6.07) is 1.03. The molecule has 1 saturated carbocycles. The number of hydrogen-bond acceptors (Lipinski definition) is 0. The van der Waals surface area contributed by atoms with Crippen LogP contribution in [-0.2, 0) is 0 Å². The topological polar surface area (TPSA) is 0 Å². The van der Waals surface area contributed by atoms with Gasteiger partial charge in [0.25, 0.3) is 0 Å². The average Bonchev–Trinajstić information content (AvgIpc) is 2.53. The molecular formula is C19H22F6. The minimum absolute atomic E-state index is 0.132. The van der Waals surface area contributed by atoms with E-state index in [0.29, 0.717) is 30.7 Å². The number of rotatable bonds is 5. The summed E-state index contributed by atoms with van der Waals surface area (Å²) in [4.78, 5) is 0. The quantitative estimate of drug-likeness (QED) is 0.300. The van der Waals surface area contributed by atoms with Crippen LogP contribution in [0, 0.1) is 30.3 Å². The third-order valence-electron chi connectivity index (χ3n) is 4.92. The smallest absolute Gasteiger partial charge is 0.204 e. The van der Waals surface area contributed by atoms with Crippen LogP contribution in [-0.4, -0.2) is 6.18 Å². The van der Waals surface area contributed by atoms with Crippen molar-refractivity contribution in [2.24, 2.45) is 5.92 Å². The summed E-state index contributed by atoms with van der Waals surface area (Å²) in [6.45, 7) is 1.58. The maximum absolute atomic E-state index is 14.1. The lowest BCUT2D eigenvalue weighted by Crippen LogP contribution is -2.16. The van der Waals surface area contributed by atoms with Crippen LogP contribution in [0.15, 0.2) is 18.2 Å². The van der Waals surface area contributed by atoms with Crippen molar-refractivity contribution in [3.63, 3.8) is 0 Å². The molecule has 140 valence electrons. The third kappa shape index (κ3) is 5.51. The van der Waals surface area contributed by atoms with Crippen molar-refractivity contribution < 1.29 is 26.3 Å². The first-order valence-electron chi connectivity index (χ1n) is 8.54. The van der Waals surface area contributed by atoms with E-state index in [1.165, 1.54) is 0 Å². The van der Waals surface area contributed by atoms with Crippen molar-refractivity contribution >= 4 is 0 Å². The van der Waals surface area contributed by atoms with Crippen molar-refractivity contribution in [3.8, 4) is 0 Å². The lowest BCUT2D eigenvalue weighted by molar-refractivity contribution is -0.125. The van der Waals surface area contributed by atoms with Gasteiger partial charge in [-0.15, -0.1) is 0 Å². The van der Waals surface area contributed by atoms with Gasteiger partial charge in [-0.3, -0.25) is 0 Å². The van der Waals surface area contributed by atoms with Gasteiger partial charge in [0, 0.05) is 0 Å². The van der Waals surface area contributed by atoms with E-state index in [9.17, 15) is 26.3 Å². The molecule has 0 atom stereocenters. The molecule has 0 amide bonds. The molecule has 1 aliphatic rings. The second-order valence-corrected chi connectivity index (χ2v) is 6.80. The van der Waals surface area contributed by atoms with Gasteiger partial charge in [-0.25, -0.2) is 13.2 Å². The van der Waals surface area contributed by atoms with Crippen molar-refractivity contribution in [1.29, 1.82) is 0 Å². The molecule has 6 heteroatoms. The fourth-order valence-corrected chi connectivity index (χ4v) is 3.64. The molecule has 1 aliphatic carbocycles. The van der Waals surface area contributed by atoms with Crippen LogP contribution in [0.25, 0.3) is 0 Å². The fraction of sp³-hybridized carbons (Fsp3) is 0.579. The highest BCUT2D eigenvalue weighted by atomic mass is 19.4. The number of halogens is 6. The fourth-order valence-electron chi connectivity index (χ4n) is 3.64. The standard InChI is InChI=1S/C19H22F6/c1-12-11-15(20)17(21)18(22)16(12)14-8-6-13(7-9-14)5-3-2-4-10-19(23,24)25/h2,4,11,13-14H,3,5-10H2,1H3/b4-2+. The zero-order valence-electron chi connectivity index (χ0n) is 14.1. The Kier molecular flexibility index (Phi) is 6.58. The Balaban J connectivity index is 1.85. The van der Waals surface area contributed by atoms with Gasteiger partial charge >= 0.3 is 6.18 Å². The van der Waals surface area contributed by atoms with Crippen molar-refractivity contribution in [2.45, 2.75) is 64.0 Å². The monoisotopic (exact) mass is 364 g/mol. The average molecular weight is 364 g/mol. The van der Waals surface area contributed by atoms with Crippen LogP contribution in [0.5, 0.6) is 0 Å². The number of alkyl halides is 3. The summed E-state index contributed by atoms with van der Waals surface area (Å²) in [5.74, 6) is -3.43. The van der Waals surface area contributed by atoms with Gasteiger partial charge in [0.2, 0.25) is 0 Å². The number of hydrogen-bond donors (Lipinski definition) is 0. The molecule has 1 aromatic carbocycles. The SMILES string of the molecule is Cc1cc(F)c(F)c(F)c1C1CCC(CC/C=C/CC(F)(F)F)CC1. The van der Waals surface area contributed by atoms with E-state index < -0.39 is 30.0 Å². The Morgan fingerprint density at radius 1 is 1.00 bits per heavy atom. The van der Waals surface area contributed by atoms with Crippen molar-refractivity contribution in [2.75, 3.05) is 0 Å². The first-order chi connectivity index (χ1) is 11.7. The molecule has 0 spiro atoms. The zero-order valence-corrected chi connectivity index (χ0v) is 14.1. The summed E-state index contributed by atoms with van der Waals surface area (Å²) < 4.78 is 76.9. The van der Waals surface area contributed by atoms with E-state index in [2.05, 4.69) is 0 Å². The van der Waals surface area contributed by atoms with Gasteiger partial charge in [-0.1, -0.05) is 12.2 Å². The van der Waals surface area contributed by atoms with Crippen LogP contribution in [0.1, 0.15) is 62.0 Å². The van der Waals surface area contributed by atoms with Crippen LogP contribution >= 0.6 is 0 Å². The second-order valence-electron chi connectivity index (χ2n) is 6.80. The molecule has 2 rings (SSSR count). The molecule has 0 N–H and O–H groups in total. The maximum atomic E-state index is 14.1. The van der Waals surface area contributed by atoms with E-state index in [1.807, 2.05) is 0 Å². The van der Waals surface area contributed by atoms with E-state index in [4.69, 9.17) is 0 Å². The lowest BCUT2D eigenvalue weighted by atomic mass is 9.76. The summed E-state index contributed by atoms with van der Waals surface area (Å²) >= 11 is 0. The molecular weight excluding hydrogens is 342 g/mol. The molecule has 0 aliphatic heterocycles. The number of aryl methyl sites for hydroxylation is 1. The van der Waals surface area contributed by atoms with E-state index >= 15 is 0 Å². The lowest BCUT2D eigenvalue weighted by Gasteiger charge is -2.30. The third-order valence-corrected chi connectivity index (χ3v) is 4.92. The number of benzene rings is 1. The van der Waals surface area contributed by atoms with Gasteiger partial charge in [0.1, 0.15) is 0 Å². The van der Waals surface area contributed by atoms with Gasteiger partial charge in [-0.2, -0.15) is 13.2 Å². The van der Waals surface area contributed by atoms with Gasteiger partial charge in [0.15, 0.2) is 17.5 Å². The molecule has 1 fully saturated rings. The summed E-state index contributed by atoms with van der Waals surface area (Å²) in [5.41, 5.74) is 0.692. The largest absolute Gasteiger partial charge is 0.392 e. The molecule has 25 heavy (non-hydrogen) atoms. The van der Waals surface area contributed by atoms with Crippen LogP contribution in [0.4, 0.5) is 26.3 Å². The highest BCUT2D eigenvalue weighted by Gasteiger charge is 2.28. The summed E-state index contributed by atoms with van der Waals surface area (Å²) in [7, 11) is 0. The predicted molar refractivity (Wildman–Crippen MR) is 84.8 cm³/mol. The van der Waals surface area contributed by atoms with E-state index in [-0.39, 0.29) is 11.5 Å². The first-order valence-corrected chi connectivity index (χ1v) is 8.54. The molecule has 0 unspecified atom stereocenters. The second kappa shape index (κ2) is 8.28. The van der Waals surface area contributed by atoms with Crippen LogP contribution in [0.2, 0.25) is 0 Å². The Morgan fingerprint density at radius 3 is 2.24 bits per heavy atom. The highest BCUT2D eigenvalue weighted by molar-refractivity contribution is 5.33. The summed E-state index contributed by atoms with van der Waals surface area (Å²) in [6.07, 6.45) is 1.99. The van der Waals surface area contributed by atoms with Gasteiger partial charge in [0.05, 0.1) is 6.42 Å². The Labute approximate surface area is 143 Å². The molecule has 0 aromatic heterocycles. The molecule has 0 radical (unpaired) electrons. The minimum Gasteiger partial charge on any atom is -0.204 e. The van der Waals surface area contributed by atoms with Gasteiger partial charge < -0.3 is 0 Å². The highest BCUT2D eigenvalue weighted by Crippen LogP contribution is 2.40. The van der Waals surface area contributed by atoms with Crippen LogP contribution < -0.4 is 0 Å². The van der Waals surface area contributed by atoms with Gasteiger partial charge in [-0.05, 0) is 74.5 Å². The maximum Gasteiger partial charge on any atom is 0.392 e.